The summed E-state index contributed by atoms with van der Waals surface area (Å²) in [6.45, 7) is 0. The van der Waals surface area contributed by atoms with Gasteiger partial charge in [-0.25, -0.2) is 9.99 Å². The number of nitrogens with zero attached hydrogens (tertiary/aromatic N) is 3. The minimum absolute atomic E-state index is 0.0716. The number of alkyl halides is 1. The van der Waals surface area contributed by atoms with Gasteiger partial charge in [-0.15, -0.1) is 0 Å². The number of ether oxygens (including phenoxy) is 1. The summed E-state index contributed by atoms with van der Waals surface area (Å²) in [7, 11) is 0. The number of benzene rings is 2. The molecule has 2 aromatic carbocycles. The molecule has 7 nitrogen and oxygen atoms in total. The summed E-state index contributed by atoms with van der Waals surface area (Å²) in [5.74, 6) is -0.464. The van der Waals surface area contributed by atoms with Crippen LogP contribution >= 0.6 is 56.8 Å². The van der Waals surface area contributed by atoms with E-state index in [2.05, 4.69) is 55.3 Å². The normalized spacial score (nSPS) is 15.4. The van der Waals surface area contributed by atoms with Crippen LogP contribution in [0.15, 0.2) is 53.6 Å². The van der Waals surface area contributed by atoms with Gasteiger partial charge in [-0.2, -0.15) is 5.10 Å². The van der Waals surface area contributed by atoms with Crippen molar-refractivity contribution >= 4 is 85.3 Å². The number of carboxylic acid groups (broad SMARTS) is 1. The molecular formula is C24H20ClI2N3O4. The summed E-state index contributed by atoms with van der Waals surface area (Å²) in [6.07, 6.45) is 0.739. The molecule has 176 valence electrons. The summed E-state index contributed by atoms with van der Waals surface area (Å²) in [5, 5.41) is 16.2. The number of fused-ring (bicyclic) bond motifs is 1. The van der Waals surface area contributed by atoms with Crippen molar-refractivity contribution in [3.05, 3.63) is 68.4 Å². The Balaban J connectivity index is 1.68. The fourth-order valence-electron chi connectivity index (χ4n) is 3.83. The van der Waals surface area contributed by atoms with E-state index in [4.69, 9.17) is 21.4 Å². The zero-order chi connectivity index (χ0) is 24.2. The molecule has 0 saturated heterocycles. The average molecular weight is 704 g/mol. The van der Waals surface area contributed by atoms with E-state index in [0.29, 0.717) is 33.0 Å². The molecule has 34 heavy (non-hydrogen) atoms. The van der Waals surface area contributed by atoms with Crippen molar-refractivity contribution in [2.75, 3.05) is 4.61 Å². The van der Waals surface area contributed by atoms with Gasteiger partial charge in [-0.1, -0.05) is 23.7 Å². The molecule has 1 aliphatic rings. The lowest BCUT2D eigenvalue weighted by molar-refractivity contribution is -0.137. The van der Waals surface area contributed by atoms with Crippen LogP contribution < -0.4 is 4.74 Å². The second-order valence-electron chi connectivity index (χ2n) is 7.74. The van der Waals surface area contributed by atoms with Crippen LogP contribution in [0.4, 0.5) is 0 Å². The van der Waals surface area contributed by atoms with E-state index in [9.17, 15) is 9.59 Å². The first-order valence-electron chi connectivity index (χ1n) is 10.5. The Labute approximate surface area is 228 Å². The third-order valence-corrected chi connectivity index (χ3v) is 6.81. The standard InChI is InChI=1S/C24H20ClI2N3O4/c25-24-18(10-15-6-9-17(34-13-26)11-19(15)28-24)21-12-20(14-4-7-16(27)8-5-14)29-30(21)22(31)2-1-3-23(32)33/h4-11,21H,1-3,12-13H2,(H,32,33). The van der Waals surface area contributed by atoms with Crippen LogP contribution in [0.3, 0.4) is 0 Å². The van der Waals surface area contributed by atoms with Gasteiger partial charge in [0.05, 0.1) is 17.3 Å². The van der Waals surface area contributed by atoms with E-state index in [1.807, 2.05) is 48.5 Å². The van der Waals surface area contributed by atoms with Crippen LogP contribution in [0.5, 0.6) is 5.75 Å². The molecular weight excluding hydrogens is 684 g/mol. The number of halogens is 3. The zero-order valence-corrected chi connectivity index (χ0v) is 23.0. The third-order valence-electron chi connectivity index (χ3n) is 5.47. The molecule has 0 saturated carbocycles. The Morgan fingerprint density at radius 2 is 1.91 bits per heavy atom. The van der Waals surface area contributed by atoms with Crippen LogP contribution in [-0.2, 0) is 9.59 Å². The highest BCUT2D eigenvalue weighted by molar-refractivity contribution is 14.1. The number of hydrogen-bond acceptors (Lipinski definition) is 5. The number of carbonyl (C=O) groups is 2. The van der Waals surface area contributed by atoms with Gasteiger partial charge < -0.3 is 9.84 Å². The van der Waals surface area contributed by atoms with E-state index in [-0.39, 0.29) is 25.2 Å². The first kappa shape index (κ1) is 25.1. The summed E-state index contributed by atoms with van der Waals surface area (Å²) in [5.41, 5.74) is 3.10. The summed E-state index contributed by atoms with van der Waals surface area (Å²) in [4.78, 5) is 28.5. The van der Waals surface area contributed by atoms with Gasteiger partial charge in [-0.3, -0.25) is 9.59 Å². The topological polar surface area (TPSA) is 92.1 Å². The molecule has 2 heterocycles. The number of amides is 1. The van der Waals surface area contributed by atoms with Crippen molar-refractivity contribution < 1.29 is 19.4 Å². The zero-order valence-electron chi connectivity index (χ0n) is 17.9. The van der Waals surface area contributed by atoms with Gasteiger partial charge in [0.1, 0.15) is 15.5 Å². The summed E-state index contributed by atoms with van der Waals surface area (Å²) < 4.78 is 7.17. The van der Waals surface area contributed by atoms with E-state index in [1.54, 1.807) is 0 Å². The number of aromatic nitrogens is 1. The largest absolute Gasteiger partial charge is 0.483 e. The van der Waals surface area contributed by atoms with Crippen LogP contribution in [0.2, 0.25) is 5.15 Å². The maximum absolute atomic E-state index is 13.1. The van der Waals surface area contributed by atoms with Gasteiger partial charge >= 0.3 is 5.97 Å². The second kappa shape index (κ2) is 11.2. The number of carboxylic acids is 1. The number of pyridine rings is 1. The van der Waals surface area contributed by atoms with E-state index >= 15 is 0 Å². The van der Waals surface area contributed by atoms with Crippen LogP contribution in [0.1, 0.15) is 42.9 Å². The Morgan fingerprint density at radius 1 is 1.15 bits per heavy atom. The number of hydrogen-bond donors (Lipinski definition) is 1. The lowest BCUT2D eigenvalue weighted by Gasteiger charge is -2.23. The number of aliphatic carboxylic acids is 1. The molecule has 1 N–H and O–H groups in total. The molecule has 1 aliphatic heterocycles. The van der Waals surface area contributed by atoms with Gasteiger partial charge in [0.2, 0.25) is 5.91 Å². The highest BCUT2D eigenvalue weighted by Gasteiger charge is 2.34. The molecule has 1 aromatic heterocycles. The fraction of sp³-hybridized carbons (Fsp3) is 0.250. The van der Waals surface area contributed by atoms with Crippen molar-refractivity contribution in [2.24, 2.45) is 5.10 Å². The fourth-order valence-corrected chi connectivity index (χ4v) is 4.82. The molecule has 1 amide bonds. The van der Waals surface area contributed by atoms with Gasteiger partial charge in [-0.05, 0) is 87.5 Å². The van der Waals surface area contributed by atoms with Crippen molar-refractivity contribution in [3.63, 3.8) is 0 Å². The third kappa shape index (κ3) is 5.80. The second-order valence-corrected chi connectivity index (χ2v) is 9.96. The van der Waals surface area contributed by atoms with Gasteiger partial charge in [0, 0.05) is 39.8 Å². The predicted octanol–water partition coefficient (Wildman–Crippen LogP) is 6.20. The monoisotopic (exact) mass is 703 g/mol. The Kier molecular flexibility index (Phi) is 8.25. The van der Waals surface area contributed by atoms with Crippen LogP contribution in [0, 0.1) is 3.57 Å². The molecule has 1 atom stereocenters. The van der Waals surface area contributed by atoms with Crippen LogP contribution in [-0.4, -0.2) is 37.3 Å². The van der Waals surface area contributed by atoms with E-state index < -0.39 is 12.0 Å². The molecule has 1 unspecified atom stereocenters. The number of carbonyl (C=O) groups excluding carboxylic acids is 1. The smallest absolute Gasteiger partial charge is 0.303 e. The maximum Gasteiger partial charge on any atom is 0.303 e. The first-order valence-corrected chi connectivity index (χ1v) is 13.5. The highest BCUT2D eigenvalue weighted by atomic mass is 127. The summed E-state index contributed by atoms with van der Waals surface area (Å²) >= 11 is 11.0. The van der Waals surface area contributed by atoms with Gasteiger partial charge in [0.15, 0.2) is 0 Å². The lowest BCUT2D eigenvalue weighted by atomic mass is 9.98. The molecule has 3 aromatic rings. The summed E-state index contributed by atoms with van der Waals surface area (Å²) in [6, 6.07) is 15.1. The SMILES string of the molecule is O=C(O)CCCC(=O)N1N=C(c2ccc(I)cc2)CC1c1cc2ccc(OCI)cc2nc1Cl. The molecule has 10 heteroatoms. The van der Waals surface area contributed by atoms with Crippen molar-refractivity contribution in [1.29, 1.82) is 0 Å². The van der Waals surface area contributed by atoms with E-state index in [1.165, 1.54) is 5.01 Å². The maximum atomic E-state index is 13.1. The molecule has 0 bridgehead atoms. The van der Waals surface area contributed by atoms with Crippen LogP contribution in [0.25, 0.3) is 10.9 Å². The average Bonchev–Trinajstić information content (AvgIpc) is 3.24. The molecule has 0 aliphatic carbocycles. The molecule has 0 spiro atoms. The highest BCUT2D eigenvalue weighted by Crippen LogP contribution is 2.38. The van der Waals surface area contributed by atoms with Crippen molar-refractivity contribution in [3.8, 4) is 5.75 Å². The predicted molar refractivity (Wildman–Crippen MR) is 148 cm³/mol. The van der Waals surface area contributed by atoms with E-state index in [0.717, 1.165) is 20.2 Å². The lowest BCUT2D eigenvalue weighted by Crippen LogP contribution is -2.27. The number of hydrazone groups is 1. The first-order chi connectivity index (χ1) is 16.4. The number of rotatable bonds is 8. The Hall–Kier alpha value is -1.99. The minimum atomic E-state index is -0.929. The quantitative estimate of drug-likeness (QED) is 0.172. The van der Waals surface area contributed by atoms with Gasteiger partial charge in [0.25, 0.3) is 0 Å². The Bertz CT molecular complexity index is 1270. The molecule has 4 rings (SSSR count). The molecule has 0 fully saturated rings. The Morgan fingerprint density at radius 3 is 2.62 bits per heavy atom. The van der Waals surface area contributed by atoms with Crippen molar-refractivity contribution in [1.82, 2.24) is 9.99 Å². The molecule has 0 radical (unpaired) electrons. The van der Waals surface area contributed by atoms with Crippen molar-refractivity contribution in [2.45, 2.75) is 31.7 Å². The minimum Gasteiger partial charge on any atom is -0.483 e.